The number of H-pyrrole nitrogens is 1. The molecule has 0 aromatic carbocycles. The van der Waals surface area contributed by atoms with E-state index in [4.69, 9.17) is 0 Å². The molecule has 2 aromatic rings. The highest BCUT2D eigenvalue weighted by atomic mass is 19.1. The standard InChI is InChI=1S/C5H3FN4O/c6-4-1-3-5(11)7-2-8-10(3)9-4/h1-2H,(H,7,8,11). The van der Waals surface area contributed by atoms with Crippen LogP contribution in [0.3, 0.4) is 0 Å². The minimum absolute atomic E-state index is 0.102. The zero-order valence-electron chi connectivity index (χ0n) is 5.28. The van der Waals surface area contributed by atoms with E-state index in [9.17, 15) is 9.18 Å². The van der Waals surface area contributed by atoms with Crippen molar-refractivity contribution in [3.63, 3.8) is 0 Å². The fourth-order valence-electron chi connectivity index (χ4n) is 0.804. The molecule has 0 saturated carbocycles. The lowest BCUT2D eigenvalue weighted by atomic mass is 10.5. The van der Waals surface area contributed by atoms with Gasteiger partial charge < -0.3 is 4.98 Å². The van der Waals surface area contributed by atoms with Gasteiger partial charge >= 0.3 is 0 Å². The highest BCUT2D eigenvalue weighted by Crippen LogP contribution is 1.94. The summed E-state index contributed by atoms with van der Waals surface area (Å²) >= 11 is 0. The van der Waals surface area contributed by atoms with Crippen molar-refractivity contribution in [1.82, 2.24) is 19.8 Å². The maximum Gasteiger partial charge on any atom is 0.277 e. The molecule has 6 heteroatoms. The van der Waals surface area contributed by atoms with Crippen molar-refractivity contribution in [2.45, 2.75) is 0 Å². The Morgan fingerprint density at radius 3 is 3.18 bits per heavy atom. The summed E-state index contributed by atoms with van der Waals surface area (Å²) in [6.45, 7) is 0. The molecule has 0 atom stereocenters. The molecule has 0 unspecified atom stereocenters. The molecule has 0 aliphatic rings. The SMILES string of the molecule is O=c1[nH]cnn2nc(F)cc12. The van der Waals surface area contributed by atoms with Gasteiger partial charge in [0.05, 0.1) is 0 Å². The van der Waals surface area contributed by atoms with Crippen LogP contribution >= 0.6 is 0 Å². The van der Waals surface area contributed by atoms with Crippen molar-refractivity contribution in [3.05, 3.63) is 28.7 Å². The molecule has 0 saturated heterocycles. The first-order valence-corrected chi connectivity index (χ1v) is 2.86. The average molecular weight is 154 g/mol. The molecule has 0 bridgehead atoms. The van der Waals surface area contributed by atoms with Crippen LogP contribution in [0.25, 0.3) is 5.52 Å². The molecule has 1 N–H and O–H groups in total. The smallest absolute Gasteiger partial charge is 0.277 e. The van der Waals surface area contributed by atoms with Gasteiger partial charge in [0.2, 0.25) is 5.95 Å². The van der Waals surface area contributed by atoms with Gasteiger partial charge in [-0.05, 0) is 0 Å². The molecular weight excluding hydrogens is 151 g/mol. The monoisotopic (exact) mass is 154 g/mol. The molecule has 0 radical (unpaired) electrons. The molecule has 11 heavy (non-hydrogen) atoms. The lowest BCUT2D eigenvalue weighted by molar-refractivity contribution is 0.558. The molecule has 0 aliphatic heterocycles. The van der Waals surface area contributed by atoms with E-state index in [1.807, 2.05) is 0 Å². The third kappa shape index (κ3) is 0.794. The molecule has 0 spiro atoms. The van der Waals surface area contributed by atoms with Crippen molar-refractivity contribution in [1.29, 1.82) is 0 Å². The van der Waals surface area contributed by atoms with E-state index >= 15 is 0 Å². The first kappa shape index (κ1) is 6.02. The summed E-state index contributed by atoms with van der Waals surface area (Å²) in [6.07, 6.45) is 1.15. The van der Waals surface area contributed by atoms with E-state index in [0.29, 0.717) is 0 Å². The number of aromatic nitrogens is 4. The van der Waals surface area contributed by atoms with Gasteiger partial charge in [0.15, 0.2) is 5.52 Å². The van der Waals surface area contributed by atoms with Crippen molar-refractivity contribution in [2.75, 3.05) is 0 Å². The fraction of sp³-hybridized carbons (Fsp3) is 0. The number of hydrogen-bond donors (Lipinski definition) is 1. The fourth-order valence-corrected chi connectivity index (χ4v) is 0.804. The van der Waals surface area contributed by atoms with Gasteiger partial charge in [0.25, 0.3) is 5.56 Å². The van der Waals surface area contributed by atoms with Crippen molar-refractivity contribution in [3.8, 4) is 0 Å². The molecular formula is C5H3FN4O. The van der Waals surface area contributed by atoms with Crippen LogP contribution in [0.2, 0.25) is 0 Å². The quantitative estimate of drug-likeness (QED) is 0.559. The molecule has 2 aromatic heterocycles. The molecule has 2 heterocycles. The van der Waals surface area contributed by atoms with Crippen LogP contribution < -0.4 is 5.56 Å². The molecule has 0 fully saturated rings. The van der Waals surface area contributed by atoms with Crippen LogP contribution in [-0.4, -0.2) is 19.8 Å². The normalized spacial score (nSPS) is 10.6. The predicted octanol–water partition coefficient (Wildman–Crippen LogP) is -0.443. The minimum Gasteiger partial charge on any atom is -0.310 e. The summed E-state index contributed by atoms with van der Waals surface area (Å²) in [5.74, 6) is -0.714. The van der Waals surface area contributed by atoms with E-state index in [0.717, 1.165) is 17.0 Å². The average Bonchev–Trinajstić information content (AvgIpc) is 2.31. The zero-order chi connectivity index (χ0) is 7.84. The Bertz CT molecular complexity index is 445. The Morgan fingerprint density at radius 1 is 1.64 bits per heavy atom. The summed E-state index contributed by atoms with van der Waals surface area (Å²) < 4.78 is 13.3. The van der Waals surface area contributed by atoms with E-state index in [1.54, 1.807) is 0 Å². The highest BCUT2D eigenvalue weighted by molar-refractivity contribution is 5.40. The summed E-state index contributed by atoms with van der Waals surface area (Å²) in [5.41, 5.74) is -0.304. The van der Waals surface area contributed by atoms with E-state index in [-0.39, 0.29) is 5.52 Å². The Hall–Kier alpha value is -1.72. The minimum atomic E-state index is -0.714. The number of nitrogens with one attached hydrogen (secondary N) is 1. The maximum atomic E-state index is 12.4. The van der Waals surface area contributed by atoms with Gasteiger partial charge in [-0.15, -0.1) is 14.8 Å². The lowest BCUT2D eigenvalue weighted by Gasteiger charge is -1.85. The van der Waals surface area contributed by atoms with Crippen molar-refractivity contribution >= 4 is 5.52 Å². The third-order valence-electron chi connectivity index (χ3n) is 1.26. The van der Waals surface area contributed by atoms with E-state index in [2.05, 4.69) is 15.2 Å². The van der Waals surface area contributed by atoms with Crippen LogP contribution in [0.15, 0.2) is 17.2 Å². The Labute approximate surface area is 59.5 Å². The van der Waals surface area contributed by atoms with Crippen molar-refractivity contribution < 1.29 is 4.39 Å². The van der Waals surface area contributed by atoms with Crippen LogP contribution in [0.4, 0.5) is 4.39 Å². The first-order valence-electron chi connectivity index (χ1n) is 2.86. The number of aromatic amines is 1. The van der Waals surface area contributed by atoms with Gasteiger partial charge in [-0.25, -0.2) is 0 Å². The van der Waals surface area contributed by atoms with Crippen LogP contribution in [0, 0.1) is 5.95 Å². The summed E-state index contributed by atoms with van der Waals surface area (Å²) in [4.78, 5) is 13.2. The summed E-state index contributed by atoms with van der Waals surface area (Å²) in [6, 6.07) is 1.02. The van der Waals surface area contributed by atoms with E-state index in [1.165, 1.54) is 0 Å². The molecule has 0 aliphatic carbocycles. The number of rotatable bonds is 0. The van der Waals surface area contributed by atoms with E-state index < -0.39 is 11.5 Å². The van der Waals surface area contributed by atoms with Crippen LogP contribution in [0.5, 0.6) is 0 Å². The van der Waals surface area contributed by atoms with Gasteiger partial charge in [-0.1, -0.05) is 0 Å². The first-order chi connectivity index (χ1) is 5.27. The molecule has 5 nitrogen and oxygen atoms in total. The molecule has 2 rings (SSSR count). The second-order valence-electron chi connectivity index (χ2n) is 1.96. The van der Waals surface area contributed by atoms with Crippen LogP contribution in [-0.2, 0) is 0 Å². The van der Waals surface area contributed by atoms with Gasteiger partial charge in [-0.3, -0.25) is 4.79 Å². The number of fused-ring (bicyclic) bond motifs is 1. The van der Waals surface area contributed by atoms with Gasteiger partial charge in [-0.2, -0.15) is 4.39 Å². The highest BCUT2D eigenvalue weighted by Gasteiger charge is 2.02. The number of hydrogen-bond acceptors (Lipinski definition) is 3. The zero-order valence-corrected chi connectivity index (χ0v) is 5.28. The summed E-state index contributed by atoms with van der Waals surface area (Å²) in [5, 5.41) is 6.87. The Balaban J connectivity index is 3.02. The van der Waals surface area contributed by atoms with Gasteiger partial charge in [0.1, 0.15) is 6.33 Å². The molecule has 0 amide bonds. The second kappa shape index (κ2) is 1.88. The van der Waals surface area contributed by atoms with Gasteiger partial charge in [0, 0.05) is 6.07 Å². The molecule has 56 valence electrons. The number of nitrogens with zero attached hydrogens (tertiary/aromatic N) is 3. The van der Waals surface area contributed by atoms with Crippen molar-refractivity contribution in [2.24, 2.45) is 0 Å². The third-order valence-corrected chi connectivity index (χ3v) is 1.26. The topological polar surface area (TPSA) is 63.0 Å². The summed E-state index contributed by atoms with van der Waals surface area (Å²) in [7, 11) is 0. The second-order valence-corrected chi connectivity index (χ2v) is 1.96. The predicted molar refractivity (Wildman–Crippen MR) is 33.6 cm³/mol. The van der Waals surface area contributed by atoms with Crippen LogP contribution in [0.1, 0.15) is 0 Å². The number of halogens is 1. The Morgan fingerprint density at radius 2 is 2.45 bits per heavy atom. The lowest BCUT2D eigenvalue weighted by Crippen LogP contribution is -2.10. The maximum absolute atomic E-state index is 12.4. The Kier molecular flexibility index (Phi) is 1.03. The largest absolute Gasteiger partial charge is 0.310 e.